The number of aromatic amines is 1. The summed E-state index contributed by atoms with van der Waals surface area (Å²) in [5.74, 6) is 2.27. The molecule has 2 heterocycles. The number of rotatable bonds is 5. The highest BCUT2D eigenvalue weighted by atomic mass is 16.1. The summed E-state index contributed by atoms with van der Waals surface area (Å²) in [6.45, 7) is 4.27. The van der Waals surface area contributed by atoms with Gasteiger partial charge < -0.3 is 0 Å². The summed E-state index contributed by atoms with van der Waals surface area (Å²) in [6.07, 6.45) is 3.68. The van der Waals surface area contributed by atoms with E-state index in [-0.39, 0.29) is 5.91 Å². The average molecular weight is 278 g/mol. The van der Waals surface area contributed by atoms with Crippen LogP contribution in [0.1, 0.15) is 51.3 Å². The summed E-state index contributed by atoms with van der Waals surface area (Å²) in [5.41, 5.74) is 6.41. The number of nitrogens with zero attached hydrogens (tertiary/aromatic N) is 2. The van der Waals surface area contributed by atoms with Crippen LogP contribution in [0.4, 0.5) is 5.95 Å². The van der Waals surface area contributed by atoms with Gasteiger partial charge in [-0.2, -0.15) is 4.98 Å². The Morgan fingerprint density at radius 3 is 2.65 bits per heavy atom. The molecule has 110 valence electrons. The molecule has 0 aromatic carbocycles. The van der Waals surface area contributed by atoms with E-state index in [0.717, 1.165) is 12.2 Å². The molecule has 1 saturated heterocycles. The van der Waals surface area contributed by atoms with Gasteiger partial charge in [0.25, 0.3) is 0 Å². The lowest BCUT2D eigenvalue weighted by molar-refractivity contribution is -0.116. The number of aromatic nitrogens is 3. The summed E-state index contributed by atoms with van der Waals surface area (Å²) in [6, 6.07) is 0.783. The van der Waals surface area contributed by atoms with Gasteiger partial charge in [-0.15, -0.1) is 5.10 Å². The maximum Gasteiger partial charge on any atom is 0.248 e. The second-order valence-corrected chi connectivity index (χ2v) is 5.94. The SMILES string of the molecule is CC1NNC(C)C1CCC(=O)Nc1n[nH]c(C2CC2)n1. The van der Waals surface area contributed by atoms with Gasteiger partial charge in [0.2, 0.25) is 11.9 Å². The Hall–Kier alpha value is -1.47. The number of nitrogens with one attached hydrogen (secondary N) is 4. The number of hydrogen-bond donors (Lipinski definition) is 4. The van der Waals surface area contributed by atoms with Crippen LogP contribution in [0.25, 0.3) is 0 Å². The first-order valence-corrected chi connectivity index (χ1v) is 7.36. The third kappa shape index (κ3) is 2.99. The van der Waals surface area contributed by atoms with E-state index < -0.39 is 0 Å². The van der Waals surface area contributed by atoms with Gasteiger partial charge in [0.1, 0.15) is 5.82 Å². The van der Waals surface area contributed by atoms with Crippen molar-refractivity contribution in [1.82, 2.24) is 26.0 Å². The molecule has 20 heavy (non-hydrogen) atoms. The van der Waals surface area contributed by atoms with Crippen molar-refractivity contribution in [3.63, 3.8) is 0 Å². The molecule has 1 aliphatic heterocycles. The van der Waals surface area contributed by atoms with E-state index in [4.69, 9.17) is 0 Å². The van der Waals surface area contributed by atoms with Crippen LogP contribution >= 0.6 is 0 Å². The van der Waals surface area contributed by atoms with Gasteiger partial charge in [-0.05, 0) is 39.0 Å². The molecular weight excluding hydrogens is 256 g/mol. The van der Waals surface area contributed by atoms with E-state index in [2.05, 4.69) is 45.2 Å². The first kappa shape index (κ1) is 13.5. The van der Waals surface area contributed by atoms with Crippen molar-refractivity contribution in [2.75, 3.05) is 5.32 Å². The normalized spacial score (nSPS) is 29.6. The minimum atomic E-state index is -0.0161. The Morgan fingerprint density at radius 2 is 2.00 bits per heavy atom. The smallest absolute Gasteiger partial charge is 0.248 e. The van der Waals surface area contributed by atoms with Gasteiger partial charge in [-0.25, -0.2) is 0 Å². The van der Waals surface area contributed by atoms with Crippen LogP contribution in [0.3, 0.4) is 0 Å². The molecular formula is C13H22N6O. The maximum absolute atomic E-state index is 11.9. The molecule has 1 amide bonds. The fourth-order valence-corrected chi connectivity index (χ4v) is 2.76. The molecule has 2 atom stereocenters. The zero-order valence-electron chi connectivity index (χ0n) is 11.9. The zero-order chi connectivity index (χ0) is 14.1. The third-order valence-corrected chi connectivity index (χ3v) is 4.25. The lowest BCUT2D eigenvalue weighted by Crippen LogP contribution is -2.30. The molecule has 7 nitrogen and oxygen atoms in total. The van der Waals surface area contributed by atoms with Gasteiger partial charge in [0.05, 0.1) is 0 Å². The van der Waals surface area contributed by atoms with Crippen molar-refractivity contribution in [2.45, 2.75) is 57.5 Å². The van der Waals surface area contributed by atoms with Gasteiger partial charge in [-0.3, -0.25) is 26.1 Å². The molecule has 0 spiro atoms. The Balaban J connectivity index is 1.46. The lowest BCUT2D eigenvalue weighted by atomic mass is 9.91. The van der Waals surface area contributed by atoms with Crippen molar-refractivity contribution in [2.24, 2.45) is 5.92 Å². The quantitative estimate of drug-likeness (QED) is 0.642. The van der Waals surface area contributed by atoms with Gasteiger partial charge >= 0.3 is 0 Å². The Morgan fingerprint density at radius 1 is 1.30 bits per heavy atom. The van der Waals surface area contributed by atoms with Crippen LogP contribution in [-0.4, -0.2) is 33.2 Å². The van der Waals surface area contributed by atoms with E-state index >= 15 is 0 Å². The van der Waals surface area contributed by atoms with Crippen molar-refractivity contribution in [1.29, 1.82) is 0 Å². The Bertz CT molecular complexity index is 473. The molecule has 2 unspecified atom stereocenters. The summed E-state index contributed by atoms with van der Waals surface area (Å²) in [7, 11) is 0. The third-order valence-electron chi connectivity index (χ3n) is 4.25. The van der Waals surface area contributed by atoms with Crippen molar-refractivity contribution >= 4 is 11.9 Å². The van der Waals surface area contributed by atoms with E-state index in [1.807, 2.05) is 0 Å². The summed E-state index contributed by atoms with van der Waals surface area (Å²) < 4.78 is 0. The van der Waals surface area contributed by atoms with Crippen LogP contribution in [0.5, 0.6) is 0 Å². The van der Waals surface area contributed by atoms with Crippen LogP contribution < -0.4 is 16.2 Å². The zero-order valence-corrected chi connectivity index (χ0v) is 11.9. The minimum Gasteiger partial charge on any atom is -0.293 e. The molecule has 1 aliphatic carbocycles. The fraction of sp³-hybridized carbons (Fsp3) is 0.769. The van der Waals surface area contributed by atoms with Crippen LogP contribution in [-0.2, 0) is 4.79 Å². The molecule has 3 rings (SSSR count). The highest BCUT2D eigenvalue weighted by Crippen LogP contribution is 2.38. The first-order valence-electron chi connectivity index (χ1n) is 7.36. The fourth-order valence-electron chi connectivity index (χ4n) is 2.76. The second kappa shape index (κ2) is 5.49. The first-order chi connectivity index (χ1) is 9.63. The van der Waals surface area contributed by atoms with E-state index in [9.17, 15) is 4.79 Å². The molecule has 0 bridgehead atoms. The molecule has 4 N–H and O–H groups in total. The number of amides is 1. The molecule has 1 saturated carbocycles. The molecule has 7 heteroatoms. The monoisotopic (exact) mass is 278 g/mol. The predicted octanol–water partition coefficient (Wildman–Crippen LogP) is 0.902. The Kier molecular flexibility index (Phi) is 3.71. The Labute approximate surface area is 118 Å². The number of carbonyl (C=O) groups is 1. The predicted molar refractivity (Wildman–Crippen MR) is 74.9 cm³/mol. The van der Waals surface area contributed by atoms with Gasteiger partial charge in [0, 0.05) is 24.4 Å². The number of hydrazine groups is 1. The summed E-state index contributed by atoms with van der Waals surface area (Å²) in [4.78, 5) is 16.2. The van der Waals surface area contributed by atoms with Crippen molar-refractivity contribution < 1.29 is 4.79 Å². The molecule has 1 aromatic heterocycles. The number of anilines is 1. The van der Waals surface area contributed by atoms with Crippen LogP contribution in [0, 0.1) is 5.92 Å². The molecule has 2 aliphatic rings. The van der Waals surface area contributed by atoms with E-state index in [0.29, 0.717) is 36.3 Å². The average Bonchev–Trinajstić information content (AvgIpc) is 3.09. The number of hydrogen-bond acceptors (Lipinski definition) is 5. The van der Waals surface area contributed by atoms with E-state index in [1.165, 1.54) is 12.8 Å². The summed E-state index contributed by atoms with van der Waals surface area (Å²) >= 11 is 0. The molecule has 1 aromatic rings. The minimum absolute atomic E-state index is 0.0161. The molecule has 2 fully saturated rings. The largest absolute Gasteiger partial charge is 0.293 e. The second-order valence-electron chi connectivity index (χ2n) is 5.94. The maximum atomic E-state index is 11.9. The molecule has 0 radical (unpaired) electrons. The van der Waals surface area contributed by atoms with Crippen molar-refractivity contribution in [3.05, 3.63) is 5.82 Å². The highest BCUT2D eigenvalue weighted by Gasteiger charge is 2.30. The lowest BCUT2D eigenvalue weighted by Gasteiger charge is -2.16. The van der Waals surface area contributed by atoms with Crippen LogP contribution in [0.15, 0.2) is 0 Å². The van der Waals surface area contributed by atoms with Crippen molar-refractivity contribution in [3.8, 4) is 0 Å². The topological polar surface area (TPSA) is 94.7 Å². The standard InChI is InChI=1S/C13H22N6O/c1-7-10(8(2)17-16-7)5-6-11(20)14-13-15-12(18-19-13)9-3-4-9/h7-10,16-17H,3-6H2,1-2H3,(H2,14,15,18,19,20). The van der Waals surface area contributed by atoms with Crippen LogP contribution in [0.2, 0.25) is 0 Å². The summed E-state index contributed by atoms with van der Waals surface area (Å²) in [5, 5.41) is 9.69. The van der Waals surface area contributed by atoms with Gasteiger partial charge in [-0.1, -0.05) is 0 Å². The van der Waals surface area contributed by atoms with Gasteiger partial charge in [0.15, 0.2) is 0 Å². The highest BCUT2D eigenvalue weighted by molar-refractivity contribution is 5.88. The van der Waals surface area contributed by atoms with E-state index in [1.54, 1.807) is 0 Å². The number of H-pyrrole nitrogens is 1. The number of carbonyl (C=O) groups excluding carboxylic acids is 1.